The Morgan fingerprint density at radius 1 is 1.44 bits per heavy atom. The first-order valence-corrected chi connectivity index (χ1v) is 5.32. The van der Waals surface area contributed by atoms with Crippen molar-refractivity contribution in [2.45, 2.75) is 6.92 Å². The summed E-state index contributed by atoms with van der Waals surface area (Å²) in [4.78, 5) is 23.6. The molecular formula is C11H13N5O2. The number of ether oxygens (including phenoxy) is 1. The third kappa shape index (κ3) is 2.69. The van der Waals surface area contributed by atoms with Gasteiger partial charge in [-0.3, -0.25) is 9.36 Å². The molecule has 0 aromatic carbocycles. The minimum absolute atomic E-state index is 0.0105. The third-order valence-corrected chi connectivity index (χ3v) is 2.27. The number of nitrogens with zero attached hydrogens (tertiary/aromatic N) is 4. The Bertz CT molecular complexity index is 552. The topological polar surface area (TPSA) is 81.9 Å². The van der Waals surface area contributed by atoms with Gasteiger partial charge in [-0.25, -0.2) is 15.0 Å². The Kier molecular flexibility index (Phi) is 3.63. The van der Waals surface area contributed by atoms with E-state index in [1.54, 1.807) is 23.0 Å². The lowest BCUT2D eigenvalue weighted by molar-refractivity contribution is -0.119. The molecule has 0 atom stereocenters. The van der Waals surface area contributed by atoms with Crippen LogP contribution in [0.3, 0.4) is 0 Å². The summed E-state index contributed by atoms with van der Waals surface area (Å²) in [5.41, 5.74) is 0. The molecule has 1 N–H and O–H groups in total. The van der Waals surface area contributed by atoms with Crippen LogP contribution in [0.25, 0.3) is 5.82 Å². The van der Waals surface area contributed by atoms with Gasteiger partial charge in [0.05, 0.1) is 0 Å². The molecule has 7 heteroatoms. The quantitative estimate of drug-likeness (QED) is 0.853. The van der Waals surface area contributed by atoms with Crippen LogP contribution in [-0.2, 0) is 9.53 Å². The summed E-state index contributed by atoms with van der Waals surface area (Å²) in [6.07, 6.45) is 4.86. The van der Waals surface area contributed by atoms with Crippen LogP contribution in [0.15, 0.2) is 24.8 Å². The molecule has 94 valence electrons. The summed E-state index contributed by atoms with van der Waals surface area (Å²) < 4.78 is 6.53. The minimum atomic E-state index is -0.260. The third-order valence-electron chi connectivity index (χ3n) is 2.27. The molecule has 2 heterocycles. The maximum atomic E-state index is 11.4. The fraction of sp³-hybridized carbons (Fsp3) is 0.273. The number of amides is 1. The van der Waals surface area contributed by atoms with Gasteiger partial charge in [-0.15, -0.1) is 0 Å². The normalized spacial score (nSPS) is 10.3. The molecule has 1 amide bonds. The highest BCUT2D eigenvalue weighted by molar-refractivity contribution is 5.90. The lowest BCUT2D eigenvalue weighted by Crippen LogP contribution is -2.18. The zero-order valence-electron chi connectivity index (χ0n) is 10.1. The molecule has 0 saturated heterocycles. The van der Waals surface area contributed by atoms with Gasteiger partial charge in [0.15, 0.2) is 0 Å². The molecule has 0 spiro atoms. The van der Waals surface area contributed by atoms with Crippen LogP contribution in [0.5, 0.6) is 0 Å². The zero-order valence-corrected chi connectivity index (χ0v) is 10.1. The van der Waals surface area contributed by atoms with Gasteiger partial charge in [0.25, 0.3) is 5.91 Å². The Balaban J connectivity index is 2.20. The van der Waals surface area contributed by atoms with E-state index in [9.17, 15) is 4.79 Å². The van der Waals surface area contributed by atoms with Crippen LogP contribution in [-0.4, -0.2) is 39.1 Å². The van der Waals surface area contributed by atoms with Gasteiger partial charge >= 0.3 is 0 Å². The van der Waals surface area contributed by atoms with E-state index in [0.29, 0.717) is 11.6 Å². The second kappa shape index (κ2) is 5.37. The standard InChI is InChI=1S/C11H13N5O2/c1-8-12-3-4-16(8)10-5-9(13-7-14-10)15-11(17)6-18-2/h3-5,7H,6H2,1-2H3,(H,13,14,15,17). The number of rotatable bonds is 4. The largest absolute Gasteiger partial charge is 0.375 e. The Hall–Kier alpha value is -2.28. The van der Waals surface area contributed by atoms with Crippen LogP contribution in [0, 0.1) is 6.92 Å². The molecule has 0 aliphatic carbocycles. The summed E-state index contributed by atoms with van der Waals surface area (Å²) in [5, 5.41) is 2.62. The number of carbonyl (C=O) groups is 1. The number of nitrogens with one attached hydrogen (secondary N) is 1. The Morgan fingerprint density at radius 3 is 2.94 bits per heavy atom. The van der Waals surface area contributed by atoms with Crippen LogP contribution in [0.2, 0.25) is 0 Å². The molecule has 0 radical (unpaired) electrons. The number of methoxy groups -OCH3 is 1. The van der Waals surface area contributed by atoms with Gasteiger partial charge in [-0.1, -0.05) is 0 Å². The van der Waals surface area contributed by atoms with Crippen molar-refractivity contribution in [1.29, 1.82) is 0 Å². The van der Waals surface area contributed by atoms with Gasteiger partial charge in [-0.05, 0) is 6.92 Å². The van der Waals surface area contributed by atoms with Gasteiger partial charge < -0.3 is 10.1 Å². The van der Waals surface area contributed by atoms with E-state index >= 15 is 0 Å². The molecule has 0 fully saturated rings. The van der Waals surface area contributed by atoms with Gasteiger partial charge in [-0.2, -0.15) is 0 Å². The van der Waals surface area contributed by atoms with E-state index in [1.807, 2.05) is 6.92 Å². The van der Waals surface area contributed by atoms with E-state index in [1.165, 1.54) is 13.4 Å². The summed E-state index contributed by atoms with van der Waals surface area (Å²) in [6, 6.07) is 1.67. The molecule has 2 aromatic heterocycles. The summed E-state index contributed by atoms with van der Waals surface area (Å²) in [7, 11) is 1.46. The van der Waals surface area contributed by atoms with Crippen LogP contribution in [0.1, 0.15) is 5.82 Å². The summed E-state index contributed by atoms with van der Waals surface area (Å²) in [6.45, 7) is 1.86. The van der Waals surface area contributed by atoms with Crippen LogP contribution >= 0.6 is 0 Å². The van der Waals surface area contributed by atoms with Crippen LogP contribution < -0.4 is 5.32 Å². The first-order valence-electron chi connectivity index (χ1n) is 5.32. The van der Waals surface area contributed by atoms with E-state index in [4.69, 9.17) is 4.74 Å². The zero-order chi connectivity index (χ0) is 13.0. The van der Waals surface area contributed by atoms with E-state index < -0.39 is 0 Å². The molecule has 0 saturated carbocycles. The molecule has 0 aliphatic heterocycles. The van der Waals surface area contributed by atoms with Crippen molar-refractivity contribution >= 4 is 11.7 Å². The Labute approximate surface area is 104 Å². The predicted molar refractivity (Wildman–Crippen MR) is 64.4 cm³/mol. The van der Waals surface area contributed by atoms with E-state index in [0.717, 1.165) is 5.82 Å². The van der Waals surface area contributed by atoms with Gasteiger partial charge in [0.1, 0.15) is 30.4 Å². The van der Waals surface area contributed by atoms with Crippen molar-refractivity contribution in [2.75, 3.05) is 19.0 Å². The highest BCUT2D eigenvalue weighted by Gasteiger charge is 2.06. The smallest absolute Gasteiger partial charge is 0.251 e. The molecule has 18 heavy (non-hydrogen) atoms. The lowest BCUT2D eigenvalue weighted by atomic mass is 10.5. The van der Waals surface area contributed by atoms with E-state index in [2.05, 4.69) is 20.3 Å². The second-order valence-corrected chi connectivity index (χ2v) is 3.59. The average molecular weight is 247 g/mol. The fourth-order valence-electron chi connectivity index (χ4n) is 1.48. The monoisotopic (exact) mass is 247 g/mol. The number of hydrogen-bond donors (Lipinski definition) is 1. The van der Waals surface area contributed by atoms with E-state index in [-0.39, 0.29) is 12.5 Å². The number of aromatic nitrogens is 4. The van der Waals surface area contributed by atoms with Gasteiger partial charge in [0, 0.05) is 25.6 Å². The first-order chi connectivity index (χ1) is 8.70. The molecule has 2 rings (SSSR count). The molecular weight excluding hydrogens is 234 g/mol. The SMILES string of the molecule is COCC(=O)Nc1cc(-n2ccnc2C)ncn1. The van der Waals surface area contributed by atoms with Crippen molar-refractivity contribution in [3.05, 3.63) is 30.6 Å². The second-order valence-electron chi connectivity index (χ2n) is 3.59. The van der Waals surface area contributed by atoms with Gasteiger partial charge in [0.2, 0.25) is 0 Å². The van der Waals surface area contributed by atoms with Crippen molar-refractivity contribution in [1.82, 2.24) is 19.5 Å². The van der Waals surface area contributed by atoms with Crippen molar-refractivity contribution in [3.63, 3.8) is 0 Å². The number of hydrogen-bond acceptors (Lipinski definition) is 5. The number of anilines is 1. The number of imidazole rings is 1. The molecule has 2 aromatic rings. The van der Waals surface area contributed by atoms with Crippen molar-refractivity contribution in [2.24, 2.45) is 0 Å². The van der Waals surface area contributed by atoms with Crippen molar-refractivity contribution in [3.8, 4) is 5.82 Å². The Morgan fingerprint density at radius 2 is 2.28 bits per heavy atom. The van der Waals surface area contributed by atoms with Crippen molar-refractivity contribution < 1.29 is 9.53 Å². The lowest BCUT2D eigenvalue weighted by Gasteiger charge is -2.06. The number of carbonyl (C=O) groups excluding carboxylic acids is 1. The fourth-order valence-corrected chi connectivity index (χ4v) is 1.48. The first kappa shape index (κ1) is 12.2. The van der Waals surface area contributed by atoms with Crippen LogP contribution in [0.4, 0.5) is 5.82 Å². The maximum absolute atomic E-state index is 11.4. The minimum Gasteiger partial charge on any atom is -0.375 e. The average Bonchev–Trinajstić information content (AvgIpc) is 2.76. The molecule has 7 nitrogen and oxygen atoms in total. The molecule has 0 aliphatic rings. The summed E-state index contributed by atoms with van der Waals surface area (Å²) in [5.74, 6) is 1.62. The highest BCUT2D eigenvalue weighted by Crippen LogP contribution is 2.10. The number of aryl methyl sites for hydroxylation is 1. The maximum Gasteiger partial charge on any atom is 0.251 e. The predicted octanol–water partition coefficient (Wildman–Crippen LogP) is 0.556. The highest BCUT2D eigenvalue weighted by atomic mass is 16.5. The molecule has 0 bridgehead atoms. The summed E-state index contributed by atoms with van der Waals surface area (Å²) >= 11 is 0. The molecule has 0 unspecified atom stereocenters.